The molecule has 14 heteroatoms. The lowest BCUT2D eigenvalue weighted by molar-refractivity contribution is -0.980. The Kier molecular flexibility index (Phi) is 4.34. The minimum absolute atomic E-state index is 0.411. The molecule has 0 heterocycles. The molecular weight excluding hydrogens is 315 g/mol. The zero-order chi connectivity index (χ0) is 17.2. The highest BCUT2D eigenvalue weighted by Crippen LogP contribution is 2.39. The molecular formula is C8H7FN4O9. The molecule has 1 aliphatic rings. The van der Waals surface area contributed by atoms with Crippen LogP contribution in [-0.4, -0.2) is 38.6 Å². The summed E-state index contributed by atoms with van der Waals surface area (Å²) < 4.78 is 18.4. The first-order chi connectivity index (χ1) is 10.1. The smallest absolute Gasteiger partial charge is 0.494 e. The predicted molar refractivity (Wildman–Crippen MR) is 62.3 cm³/mol. The number of nitrogens with zero attached hydrogens (tertiary/aromatic N) is 4. The van der Waals surface area contributed by atoms with E-state index in [1.807, 2.05) is 0 Å². The van der Waals surface area contributed by atoms with Crippen LogP contribution in [0.15, 0.2) is 23.7 Å². The minimum Gasteiger partial charge on any atom is -0.494 e. The molecule has 0 fully saturated rings. The second-order valence-electron chi connectivity index (χ2n) is 3.99. The number of nitro groups is 4. The number of methoxy groups -OCH3 is 1. The second kappa shape index (κ2) is 5.66. The molecule has 0 spiro atoms. The first kappa shape index (κ1) is 16.9. The summed E-state index contributed by atoms with van der Waals surface area (Å²) in [5.74, 6) is -9.71. The van der Waals surface area contributed by atoms with Crippen molar-refractivity contribution < 1.29 is 28.8 Å². The normalized spacial score (nSPS) is 21.4. The van der Waals surface area contributed by atoms with Crippen molar-refractivity contribution in [2.75, 3.05) is 7.11 Å². The fourth-order valence-corrected chi connectivity index (χ4v) is 2.03. The SMILES string of the molecule is COC1=CC=C(F)[C@H](C([N+](=O)[O-])([N+](=O)[O-])[N+](=O)[O-])[C@H]1[N+](=O)[O-]. The summed E-state index contributed by atoms with van der Waals surface area (Å²) >= 11 is 0. The zero-order valence-electron chi connectivity index (χ0n) is 10.7. The highest BCUT2D eigenvalue weighted by atomic mass is 19.1. The molecule has 13 nitrogen and oxygen atoms in total. The third kappa shape index (κ3) is 2.19. The first-order valence-electron chi connectivity index (χ1n) is 5.30. The van der Waals surface area contributed by atoms with Crippen molar-refractivity contribution in [1.29, 1.82) is 0 Å². The van der Waals surface area contributed by atoms with Gasteiger partial charge in [0.25, 0.3) is 0 Å². The van der Waals surface area contributed by atoms with Crippen molar-refractivity contribution in [3.63, 3.8) is 0 Å². The molecule has 0 aromatic rings. The summed E-state index contributed by atoms with van der Waals surface area (Å²) in [5, 5.41) is 43.9. The van der Waals surface area contributed by atoms with Crippen LogP contribution in [0, 0.1) is 46.4 Å². The van der Waals surface area contributed by atoms with Crippen LogP contribution in [0.2, 0.25) is 0 Å². The van der Waals surface area contributed by atoms with E-state index in [-0.39, 0.29) is 0 Å². The van der Waals surface area contributed by atoms with Crippen LogP contribution in [0.4, 0.5) is 4.39 Å². The number of allylic oxidation sites excluding steroid dienone is 2. The monoisotopic (exact) mass is 322 g/mol. The number of hydrogen-bond donors (Lipinski definition) is 0. The van der Waals surface area contributed by atoms with Crippen molar-refractivity contribution in [3.8, 4) is 0 Å². The molecule has 2 atom stereocenters. The Labute approximate surface area is 119 Å². The lowest BCUT2D eigenvalue weighted by atomic mass is 9.86. The van der Waals surface area contributed by atoms with Crippen LogP contribution in [-0.2, 0) is 4.74 Å². The van der Waals surface area contributed by atoms with Gasteiger partial charge in [-0.05, 0) is 12.2 Å². The van der Waals surface area contributed by atoms with Crippen LogP contribution < -0.4 is 0 Å². The molecule has 0 radical (unpaired) electrons. The van der Waals surface area contributed by atoms with E-state index in [9.17, 15) is 44.8 Å². The Morgan fingerprint density at radius 1 is 1.05 bits per heavy atom. The van der Waals surface area contributed by atoms with Crippen molar-refractivity contribution in [3.05, 3.63) is 64.2 Å². The van der Waals surface area contributed by atoms with Gasteiger partial charge in [-0.15, -0.1) is 0 Å². The van der Waals surface area contributed by atoms with E-state index < -0.39 is 49.0 Å². The highest BCUT2D eigenvalue weighted by Gasteiger charge is 2.83. The Hall–Kier alpha value is -3.19. The van der Waals surface area contributed by atoms with E-state index in [1.165, 1.54) is 0 Å². The molecule has 22 heavy (non-hydrogen) atoms. The average molecular weight is 322 g/mol. The van der Waals surface area contributed by atoms with Crippen LogP contribution in [0.3, 0.4) is 0 Å². The lowest BCUT2D eigenvalue weighted by Gasteiger charge is -2.23. The predicted octanol–water partition coefficient (Wildman–Crippen LogP) is 0.129. The molecule has 0 aromatic heterocycles. The lowest BCUT2D eigenvalue weighted by Crippen LogP contribution is -2.63. The largest absolute Gasteiger partial charge is 0.716 e. The van der Waals surface area contributed by atoms with Gasteiger partial charge in [0.15, 0.2) is 20.5 Å². The molecule has 0 amide bonds. The van der Waals surface area contributed by atoms with Gasteiger partial charge in [-0.3, -0.25) is 40.5 Å². The van der Waals surface area contributed by atoms with Gasteiger partial charge in [-0.2, -0.15) is 0 Å². The maximum absolute atomic E-state index is 13.9. The molecule has 1 aliphatic carbocycles. The van der Waals surface area contributed by atoms with E-state index in [0.717, 1.165) is 7.11 Å². The third-order valence-corrected chi connectivity index (χ3v) is 3.00. The standard InChI is InChI=1S/C8H7FN4O9/c1-22-5-3-2-4(9)6(7(5)10(14)15)8(11(16)17,12(18)19)13(20)21/h2-3,6-7H,1H3/t6-,7-/m0/s1. The van der Waals surface area contributed by atoms with E-state index in [4.69, 9.17) is 0 Å². The van der Waals surface area contributed by atoms with E-state index >= 15 is 0 Å². The Bertz CT molecular complexity index is 579. The quantitative estimate of drug-likeness (QED) is 0.372. The molecule has 120 valence electrons. The molecule has 0 aromatic carbocycles. The molecule has 0 unspecified atom stereocenters. The van der Waals surface area contributed by atoms with Crippen molar-refractivity contribution in [2.45, 2.75) is 11.8 Å². The summed E-state index contributed by atoms with van der Waals surface area (Å²) in [7, 11) is 0.891. The maximum atomic E-state index is 13.9. The number of halogens is 1. The number of rotatable bonds is 6. The summed E-state index contributed by atoms with van der Waals surface area (Å²) in [6.45, 7) is 0. The van der Waals surface area contributed by atoms with Gasteiger partial charge in [-0.25, -0.2) is 4.39 Å². The molecule has 0 N–H and O–H groups in total. The van der Waals surface area contributed by atoms with Gasteiger partial charge in [-0.1, -0.05) is 0 Å². The molecule has 0 saturated heterocycles. The fraction of sp³-hybridized carbons (Fsp3) is 0.500. The molecule has 0 saturated carbocycles. The van der Waals surface area contributed by atoms with Gasteiger partial charge >= 0.3 is 17.7 Å². The van der Waals surface area contributed by atoms with Gasteiger partial charge < -0.3 is 4.74 Å². The van der Waals surface area contributed by atoms with Crippen LogP contribution in [0.25, 0.3) is 0 Å². The average Bonchev–Trinajstić information content (AvgIpc) is 2.39. The Balaban J connectivity index is 3.71. The van der Waals surface area contributed by atoms with Gasteiger partial charge in [0.2, 0.25) is 0 Å². The summed E-state index contributed by atoms with van der Waals surface area (Å²) in [5.41, 5.74) is 0. The maximum Gasteiger partial charge on any atom is 0.716 e. The number of hydrogen-bond acceptors (Lipinski definition) is 9. The van der Waals surface area contributed by atoms with Crippen LogP contribution >= 0.6 is 0 Å². The van der Waals surface area contributed by atoms with Gasteiger partial charge in [0.1, 0.15) is 5.83 Å². The Morgan fingerprint density at radius 3 is 1.82 bits per heavy atom. The molecule has 0 aliphatic heterocycles. The van der Waals surface area contributed by atoms with Crippen molar-refractivity contribution in [1.82, 2.24) is 0 Å². The minimum atomic E-state index is -4.36. The number of ether oxygens (including phenoxy) is 1. The Morgan fingerprint density at radius 2 is 1.50 bits per heavy atom. The fourth-order valence-electron chi connectivity index (χ4n) is 2.03. The summed E-state index contributed by atoms with van der Waals surface area (Å²) in [6.07, 6.45) is 1.12. The highest BCUT2D eigenvalue weighted by molar-refractivity contribution is 5.25. The van der Waals surface area contributed by atoms with Crippen LogP contribution in [0.5, 0.6) is 0 Å². The second-order valence-corrected chi connectivity index (χ2v) is 3.99. The molecule has 1 rings (SSSR count). The van der Waals surface area contributed by atoms with E-state index in [1.54, 1.807) is 0 Å². The van der Waals surface area contributed by atoms with Crippen molar-refractivity contribution in [2.24, 2.45) is 5.92 Å². The van der Waals surface area contributed by atoms with Crippen molar-refractivity contribution >= 4 is 0 Å². The van der Waals surface area contributed by atoms with E-state index in [0.29, 0.717) is 12.2 Å². The summed E-state index contributed by atoms with van der Waals surface area (Å²) in [4.78, 5) is 36.7. The zero-order valence-corrected chi connectivity index (χ0v) is 10.7. The first-order valence-corrected chi connectivity index (χ1v) is 5.30. The topological polar surface area (TPSA) is 182 Å². The van der Waals surface area contributed by atoms with E-state index in [2.05, 4.69) is 4.74 Å². The van der Waals surface area contributed by atoms with Gasteiger partial charge in [0, 0.05) is 4.92 Å². The van der Waals surface area contributed by atoms with Crippen LogP contribution in [0.1, 0.15) is 0 Å². The van der Waals surface area contributed by atoms with Gasteiger partial charge in [0.05, 0.1) is 7.11 Å². The third-order valence-electron chi connectivity index (χ3n) is 3.00. The molecule has 0 bridgehead atoms. The summed E-state index contributed by atoms with van der Waals surface area (Å²) in [6, 6.07) is -2.50.